The topological polar surface area (TPSA) is 84.3 Å². The van der Waals surface area contributed by atoms with E-state index >= 15 is 0 Å². The van der Waals surface area contributed by atoms with Crippen molar-refractivity contribution in [2.24, 2.45) is 0 Å². The molecule has 2 aromatic rings. The predicted molar refractivity (Wildman–Crippen MR) is 74.0 cm³/mol. The van der Waals surface area contributed by atoms with Crippen molar-refractivity contribution < 1.29 is 9.49 Å². The molecule has 0 spiro atoms. The first-order valence-electron chi connectivity index (χ1n) is 5.59. The average molecular weight is 275 g/mol. The van der Waals surface area contributed by atoms with Crippen LogP contribution in [0.2, 0.25) is 0 Å². The van der Waals surface area contributed by atoms with Crippen LogP contribution in [0.25, 0.3) is 0 Å². The molecule has 3 rings (SSSR count). The first-order valence-corrected chi connectivity index (χ1v) is 7.30. The molecular weight excluding hydrogens is 265 g/mol. The minimum Gasteiger partial charge on any atom is -0.315 e. The highest BCUT2D eigenvalue weighted by molar-refractivity contribution is 7.74. The van der Waals surface area contributed by atoms with Crippen LogP contribution >= 0.6 is 7.44 Å². The molecule has 96 valence electrons. The number of rotatable bonds is 2. The van der Waals surface area contributed by atoms with Crippen LogP contribution < -0.4 is 15.5 Å². The van der Waals surface area contributed by atoms with Crippen LogP contribution in [-0.2, 0) is 4.57 Å². The lowest BCUT2D eigenvalue weighted by molar-refractivity contribution is -0.384. The van der Waals surface area contributed by atoms with Gasteiger partial charge in [-0.3, -0.25) is 14.7 Å². The van der Waals surface area contributed by atoms with Crippen molar-refractivity contribution in [3.63, 3.8) is 0 Å². The van der Waals surface area contributed by atoms with Gasteiger partial charge in [0.15, 0.2) is 0 Å². The summed E-state index contributed by atoms with van der Waals surface area (Å²) in [5, 5.41) is 17.0. The summed E-state index contributed by atoms with van der Waals surface area (Å²) in [4.78, 5) is 10.1. The molecule has 1 aliphatic heterocycles. The number of anilines is 2. The molecule has 0 aliphatic carbocycles. The number of nitro benzene ring substituents is 1. The number of benzene rings is 2. The van der Waals surface area contributed by atoms with Crippen molar-refractivity contribution in [1.82, 2.24) is 0 Å². The Bertz CT molecular complexity index is 671. The first-order chi connectivity index (χ1) is 9.08. The van der Waals surface area contributed by atoms with Gasteiger partial charge in [-0.25, -0.2) is 0 Å². The van der Waals surface area contributed by atoms with E-state index < -0.39 is 12.4 Å². The van der Waals surface area contributed by atoms with Gasteiger partial charge in [0.1, 0.15) is 0 Å². The number of hydrogen-bond donors (Lipinski definition) is 2. The van der Waals surface area contributed by atoms with E-state index in [4.69, 9.17) is 0 Å². The summed E-state index contributed by atoms with van der Waals surface area (Å²) in [6.07, 6.45) is 0. The highest BCUT2D eigenvalue weighted by atomic mass is 31.2. The van der Waals surface area contributed by atoms with Crippen molar-refractivity contribution in [1.29, 1.82) is 0 Å². The zero-order valence-corrected chi connectivity index (χ0v) is 10.6. The van der Waals surface area contributed by atoms with Crippen LogP contribution in [0.3, 0.4) is 0 Å². The second kappa shape index (κ2) is 4.10. The van der Waals surface area contributed by atoms with Gasteiger partial charge in [-0.15, -0.1) is 0 Å². The van der Waals surface area contributed by atoms with E-state index in [1.165, 1.54) is 24.3 Å². The predicted octanol–water partition coefficient (Wildman–Crippen LogP) is 2.95. The zero-order chi connectivity index (χ0) is 13.5. The van der Waals surface area contributed by atoms with Gasteiger partial charge in [0.05, 0.1) is 21.6 Å². The molecule has 0 saturated carbocycles. The van der Waals surface area contributed by atoms with Crippen molar-refractivity contribution >= 4 is 29.8 Å². The Hall–Kier alpha value is -2.33. The third-order valence-corrected chi connectivity index (χ3v) is 5.04. The fourth-order valence-electron chi connectivity index (χ4n) is 1.96. The Morgan fingerprint density at radius 1 is 0.947 bits per heavy atom. The molecule has 0 unspecified atom stereocenters. The molecule has 0 radical (unpaired) electrons. The van der Waals surface area contributed by atoms with Gasteiger partial charge in [0, 0.05) is 12.1 Å². The van der Waals surface area contributed by atoms with E-state index in [0.29, 0.717) is 5.30 Å². The van der Waals surface area contributed by atoms with Crippen LogP contribution in [0.15, 0.2) is 48.5 Å². The Morgan fingerprint density at radius 2 is 1.47 bits per heavy atom. The van der Waals surface area contributed by atoms with E-state index in [1.54, 1.807) is 0 Å². The molecule has 0 saturated heterocycles. The smallest absolute Gasteiger partial charge is 0.287 e. The maximum absolute atomic E-state index is 12.8. The van der Waals surface area contributed by atoms with Gasteiger partial charge >= 0.3 is 0 Å². The number of non-ortho nitro benzene ring substituents is 1. The minimum absolute atomic E-state index is 0.0212. The van der Waals surface area contributed by atoms with Gasteiger partial charge in [-0.2, -0.15) is 0 Å². The first kappa shape index (κ1) is 11.7. The SMILES string of the molecule is O=[N+]([O-])c1ccc(P2(=O)Nc3ccccc3N2)cc1. The van der Waals surface area contributed by atoms with E-state index in [0.717, 1.165) is 11.4 Å². The molecule has 6 nitrogen and oxygen atoms in total. The van der Waals surface area contributed by atoms with Crippen LogP contribution in [-0.4, -0.2) is 4.92 Å². The third-order valence-electron chi connectivity index (χ3n) is 2.91. The summed E-state index contributed by atoms with van der Waals surface area (Å²) in [6.45, 7) is 0. The fourth-order valence-corrected chi connectivity index (χ4v) is 3.91. The molecular formula is C12H10N3O3P. The van der Waals surface area contributed by atoms with E-state index in [2.05, 4.69) is 10.2 Å². The normalized spacial score (nSPS) is 15.2. The molecule has 19 heavy (non-hydrogen) atoms. The van der Waals surface area contributed by atoms with Gasteiger partial charge in [-0.05, 0) is 24.3 Å². The molecule has 1 aliphatic rings. The van der Waals surface area contributed by atoms with Crippen LogP contribution in [0, 0.1) is 10.1 Å². The van der Waals surface area contributed by atoms with E-state index in [9.17, 15) is 14.7 Å². The summed E-state index contributed by atoms with van der Waals surface area (Å²) >= 11 is 0. The van der Waals surface area contributed by atoms with Crippen LogP contribution in [0.4, 0.5) is 17.1 Å². The monoisotopic (exact) mass is 275 g/mol. The van der Waals surface area contributed by atoms with Crippen LogP contribution in [0.5, 0.6) is 0 Å². The Morgan fingerprint density at radius 3 is 1.95 bits per heavy atom. The number of nitrogens with one attached hydrogen (secondary N) is 2. The quantitative estimate of drug-likeness (QED) is 0.500. The van der Waals surface area contributed by atoms with Crippen molar-refractivity contribution in [3.8, 4) is 0 Å². The molecule has 2 N–H and O–H groups in total. The molecule has 0 bridgehead atoms. The number of nitrogens with zero attached hydrogens (tertiary/aromatic N) is 1. The zero-order valence-electron chi connectivity index (χ0n) is 9.74. The Kier molecular flexibility index (Phi) is 2.54. The van der Waals surface area contributed by atoms with Crippen molar-refractivity contribution in [2.45, 2.75) is 0 Å². The molecule has 0 aromatic heterocycles. The van der Waals surface area contributed by atoms with Gasteiger partial charge in [-0.1, -0.05) is 12.1 Å². The molecule has 0 amide bonds. The maximum Gasteiger partial charge on any atom is 0.287 e. The van der Waals surface area contributed by atoms with Gasteiger partial charge in [0.25, 0.3) is 13.1 Å². The summed E-state index contributed by atoms with van der Waals surface area (Å²) < 4.78 is 12.8. The highest BCUT2D eigenvalue weighted by Gasteiger charge is 2.32. The minimum atomic E-state index is -2.98. The number of nitro groups is 1. The average Bonchev–Trinajstić information content (AvgIpc) is 2.76. The summed E-state index contributed by atoms with van der Waals surface area (Å²) in [5.41, 5.74) is 1.51. The summed E-state index contributed by atoms with van der Waals surface area (Å²) in [5.74, 6) is 0. The molecule has 2 aromatic carbocycles. The maximum atomic E-state index is 12.8. The summed E-state index contributed by atoms with van der Waals surface area (Å²) in [6, 6.07) is 13.1. The lowest BCUT2D eigenvalue weighted by Gasteiger charge is -2.12. The van der Waals surface area contributed by atoms with Crippen LogP contribution in [0.1, 0.15) is 0 Å². The van der Waals surface area contributed by atoms with E-state index in [1.807, 2.05) is 24.3 Å². The molecule has 7 heteroatoms. The summed E-state index contributed by atoms with van der Waals surface area (Å²) in [7, 11) is -2.98. The van der Waals surface area contributed by atoms with Gasteiger partial charge < -0.3 is 10.2 Å². The molecule has 1 heterocycles. The Balaban J connectivity index is 1.96. The number of hydrogen-bond acceptors (Lipinski definition) is 3. The fraction of sp³-hybridized carbons (Fsp3) is 0. The number of fused-ring (bicyclic) bond motifs is 1. The molecule has 0 fully saturated rings. The second-order valence-corrected chi connectivity index (χ2v) is 6.33. The largest absolute Gasteiger partial charge is 0.315 e. The lowest BCUT2D eigenvalue weighted by Crippen LogP contribution is -2.12. The third kappa shape index (κ3) is 1.96. The number of para-hydroxylation sites is 2. The van der Waals surface area contributed by atoms with E-state index in [-0.39, 0.29) is 5.69 Å². The van der Waals surface area contributed by atoms with Crippen molar-refractivity contribution in [2.75, 3.05) is 10.2 Å². The molecule has 0 atom stereocenters. The van der Waals surface area contributed by atoms with Gasteiger partial charge in [0.2, 0.25) is 0 Å². The Labute approximate surface area is 109 Å². The standard InChI is InChI=1S/C12H10N3O3P/c16-15(17)9-5-7-10(8-6-9)19(18)13-11-3-1-2-4-12(11)14-19/h1-8H,(H2,13,14,18). The van der Waals surface area contributed by atoms with Crippen molar-refractivity contribution in [3.05, 3.63) is 58.6 Å². The highest BCUT2D eigenvalue weighted by Crippen LogP contribution is 2.52. The lowest BCUT2D eigenvalue weighted by atomic mass is 10.3. The second-order valence-electron chi connectivity index (χ2n) is 4.15.